The Hall–Kier alpha value is -5.66. The van der Waals surface area contributed by atoms with Crippen molar-refractivity contribution in [3.8, 4) is 33.4 Å². The molecule has 0 amide bonds. The first-order chi connectivity index (χ1) is 26.4. The van der Waals surface area contributed by atoms with Crippen LogP contribution >= 0.6 is 0 Å². The van der Waals surface area contributed by atoms with Crippen LogP contribution in [0.3, 0.4) is 0 Å². The summed E-state index contributed by atoms with van der Waals surface area (Å²) in [5, 5.41) is 1.99. The molecule has 5 aromatic carbocycles. The number of fused-ring (bicyclic) bond motifs is 8. The fourth-order valence-corrected chi connectivity index (χ4v) is 9.07. The van der Waals surface area contributed by atoms with E-state index in [0.717, 1.165) is 33.1 Å². The predicted octanol–water partition coefficient (Wildman–Crippen LogP) is 13.6. The van der Waals surface area contributed by atoms with Gasteiger partial charge in [-0.15, -0.1) is 0 Å². The summed E-state index contributed by atoms with van der Waals surface area (Å²) in [4.78, 5) is 0. The van der Waals surface area contributed by atoms with Gasteiger partial charge in [-0.2, -0.15) is 0 Å². The third-order valence-corrected chi connectivity index (χ3v) is 11.4. The van der Waals surface area contributed by atoms with Crippen LogP contribution in [-0.2, 0) is 5.41 Å². The molecule has 0 saturated heterocycles. The van der Waals surface area contributed by atoms with Crippen molar-refractivity contribution >= 4 is 29.2 Å². The van der Waals surface area contributed by atoms with Crippen LogP contribution in [0.2, 0.25) is 0 Å². The highest BCUT2D eigenvalue weighted by atomic mass is 16.3. The van der Waals surface area contributed by atoms with Crippen molar-refractivity contribution in [2.75, 3.05) is 0 Å². The molecule has 0 fully saturated rings. The van der Waals surface area contributed by atoms with Gasteiger partial charge >= 0.3 is 0 Å². The minimum Gasteiger partial charge on any atom is -0.456 e. The Kier molecular flexibility index (Phi) is 10.4. The van der Waals surface area contributed by atoms with Crippen molar-refractivity contribution < 1.29 is 4.42 Å². The Labute approximate surface area is 322 Å². The van der Waals surface area contributed by atoms with Crippen molar-refractivity contribution in [2.45, 2.75) is 66.2 Å². The second-order valence-electron chi connectivity index (χ2n) is 14.6. The summed E-state index contributed by atoms with van der Waals surface area (Å²) < 4.78 is 6.00. The van der Waals surface area contributed by atoms with E-state index < -0.39 is 0 Å². The summed E-state index contributed by atoms with van der Waals surface area (Å²) in [6, 6.07) is 40.1. The maximum Gasteiger partial charge on any atom is 0.135 e. The minimum atomic E-state index is -0.384. The number of allylic oxidation sites excluding steroid dienone is 7. The van der Waals surface area contributed by atoms with Gasteiger partial charge in [0, 0.05) is 10.6 Å². The lowest BCUT2D eigenvalue weighted by atomic mass is 9.69. The third kappa shape index (κ3) is 6.06. The molecule has 0 aliphatic heterocycles. The van der Waals surface area contributed by atoms with E-state index in [-0.39, 0.29) is 5.41 Å². The molecule has 6 aromatic rings. The van der Waals surface area contributed by atoms with Gasteiger partial charge in [-0.1, -0.05) is 155 Å². The number of furan rings is 1. The van der Waals surface area contributed by atoms with Crippen LogP contribution in [0.15, 0.2) is 156 Å². The monoisotopic (exact) mass is 704 g/mol. The Morgan fingerprint density at radius 3 is 2.09 bits per heavy atom. The van der Waals surface area contributed by atoms with Gasteiger partial charge in [-0.3, -0.25) is 0 Å². The quantitative estimate of drug-likeness (QED) is 0.132. The zero-order valence-electron chi connectivity index (χ0n) is 32.8. The van der Waals surface area contributed by atoms with Crippen molar-refractivity contribution in [3.63, 3.8) is 0 Å². The van der Waals surface area contributed by atoms with Gasteiger partial charge in [-0.25, -0.2) is 0 Å². The second-order valence-corrected chi connectivity index (χ2v) is 14.6. The van der Waals surface area contributed by atoms with Crippen LogP contribution < -0.4 is 10.6 Å². The van der Waals surface area contributed by atoms with Crippen molar-refractivity contribution in [2.24, 2.45) is 5.92 Å². The van der Waals surface area contributed by atoms with Crippen LogP contribution in [0.4, 0.5) is 0 Å². The molecule has 1 nitrogen and oxygen atoms in total. The lowest BCUT2D eigenvalue weighted by molar-refractivity contribution is 0.568. The highest BCUT2D eigenvalue weighted by Crippen LogP contribution is 2.63. The van der Waals surface area contributed by atoms with Gasteiger partial charge in [0.25, 0.3) is 0 Å². The molecule has 0 bridgehead atoms. The van der Waals surface area contributed by atoms with Gasteiger partial charge in [0.1, 0.15) is 11.0 Å². The van der Waals surface area contributed by atoms with Gasteiger partial charge < -0.3 is 4.42 Å². The van der Waals surface area contributed by atoms with E-state index in [1.54, 1.807) is 5.57 Å². The van der Waals surface area contributed by atoms with E-state index in [9.17, 15) is 0 Å². The SMILES string of the molecule is C=C/C=C\C1=C(C)c2ccccc2C12c1ccccc1-c1c(-c3cccc(-c4ccc5o/c(=C/C)c(=C)c5c4)c3)cccc12.CC.CC1=CC(C)CCC1. The van der Waals surface area contributed by atoms with Gasteiger partial charge in [0.15, 0.2) is 0 Å². The second kappa shape index (κ2) is 15.4. The molecular formula is C53H52O. The fourth-order valence-electron chi connectivity index (χ4n) is 9.07. The number of hydrogen-bond acceptors (Lipinski definition) is 1. The van der Waals surface area contributed by atoms with Crippen molar-refractivity contribution in [1.29, 1.82) is 0 Å². The largest absolute Gasteiger partial charge is 0.456 e. The molecule has 3 aliphatic rings. The lowest BCUT2D eigenvalue weighted by Gasteiger charge is -2.31. The van der Waals surface area contributed by atoms with Crippen LogP contribution in [0.1, 0.15) is 83.1 Å². The molecule has 1 aromatic heterocycles. The van der Waals surface area contributed by atoms with Crippen LogP contribution in [-0.4, -0.2) is 0 Å². The lowest BCUT2D eigenvalue weighted by Crippen LogP contribution is -2.26. The smallest absolute Gasteiger partial charge is 0.135 e. The van der Waals surface area contributed by atoms with Crippen LogP contribution in [0, 0.1) is 5.92 Å². The molecule has 0 radical (unpaired) electrons. The Morgan fingerprint density at radius 1 is 0.741 bits per heavy atom. The van der Waals surface area contributed by atoms with E-state index in [4.69, 9.17) is 4.42 Å². The van der Waals surface area contributed by atoms with E-state index in [2.05, 4.69) is 161 Å². The minimum absolute atomic E-state index is 0.384. The third-order valence-electron chi connectivity index (χ3n) is 11.4. The van der Waals surface area contributed by atoms with Gasteiger partial charge in [-0.05, 0) is 137 Å². The molecule has 1 heteroatoms. The molecular weight excluding hydrogens is 653 g/mol. The normalized spacial score (nSPS) is 18.4. The Bertz CT molecular complexity index is 2580. The highest BCUT2D eigenvalue weighted by molar-refractivity contribution is 6.00. The molecule has 0 N–H and O–H groups in total. The zero-order chi connectivity index (χ0) is 38.0. The summed E-state index contributed by atoms with van der Waals surface area (Å²) in [5.41, 5.74) is 18.2. The number of hydrogen-bond donors (Lipinski definition) is 0. The molecule has 3 aliphatic carbocycles. The molecule has 54 heavy (non-hydrogen) atoms. The van der Waals surface area contributed by atoms with E-state index in [1.165, 1.54) is 80.5 Å². The van der Waals surface area contributed by atoms with Gasteiger partial charge in [0.2, 0.25) is 0 Å². The molecule has 9 rings (SSSR count). The molecule has 270 valence electrons. The van der Waals surface area contributed by atoms with Crippen molar-refractivity contribution in [3.05, 3.63) is 184 Å². The number of benzene rings is 5. The molecule has 1 spiro atoms. The summed E-state index contributed by atoms with van der Waals surface area (Å²) in [6.07, 6.45) is 14.7. The molecule has 2 atom stereocenters. The topological polar surface area (TPSA) is 13.1 Å². The van der Waals surface area contributed by atoms with Crippen LogP contribution in [0.25, 0.3) is 62.6 Å². The van der Waals surface area contributed by atoms with E-state index >= 15 is 0 Å². The Balaban J connectivity index is 0.000000397. The summed E-state index contributed by atoms with van der Waals surface area (Å²) in [6.45, 7) is 21.0. The summed E-state index contributed by atoms with van der Waals surface area (Å²) >= 11 is 0. The first-order valence-corrected chi connectivity index (χ1v) is 19.7. The molecule has 1 heterocycles. The Morgan fingerprint density at radius 2 is 1.39 bits per heavy atom. The molecule has 0 saturated carbocycles. The average Bonchev–Trinajstić information content (AvgIpc) is 3.79. The summed E-state index contributed by atoms with van der Waals surface area (Å²) in [5.74, 6) is 0.851. The highest BCUT2D eigenvalue weighted by Gasteiger charge is 2.51. The predicted molar refractivity (Wildman–Crippen MR) is 234 cm³/mol. The van der Waals surface area contributed by atoms with E-state index in [1.807, 2.05) is 32.9 Å². The maximum atomic E-state index is 6.00. The fraction of sp³-hybridized carbons (Fsp3) is 0.208. The van der Waals surface area contributed by atoms with E-state index in [0.29, 0.717) is 0 Å². The number of rotatable bonds is 4. The van der Waals surface area contributed by atoms with Gasteiger partial charge in [0.05, 0.1) is 5.41 Å². The zero-order valence-corrected chi connectivity index (χ0v) is 32.8. The summed E-state index contributed by atoms with van der Waals surface area (Å²) in [7, 11) is 0. The maximum absolute atomic E-state index is 6.00. The van der Waals surface area contributed by atoms with Crippen molar-refractivity contribution in [1.82, 2.24) is 0 Å². The first-order valence-electron chi connectivity index (χ1n) is 19.7. The first kappa shape index (κ1) is 36.7. The molecule has 2 unspecified atom stereocenters. The van der Waals surface area contributed by atoms with Crippen LogP contribution in [0.5, 0.6) is 0 Å². The standard InChI is InChI=1S/C43H32O.C8H14.C2H6/c1-5-7-19-36-27(3)32-16-8-10-20-37(32)43(36)38-21-11-9-17-34(38)42-33(18-13-22-39(42)43)31-15-12-14-29(25-31)30-23-24-41-35(26-30)28(4)40(6-2)44-41;1-7-4-3-5-8(2)6-7;1-2/h5-26H,1,4H2,2-3H3;6-7H,3-5H2,1-2H3;1-2H3/b19-7-,40-6+;;. The average molecular weight is 705 g/mol.